The zero-order valence-corrected chi connectivity index (χ0v) is 11.2. The smallest absolute Gasteiger partial charge is 0.304 e. The largest absolute Gasteiger partial charge is 0.481 e. The molecule has 0 spiro atoms. The average molecular weight is 256 g/mol. The molecule has 0 radical (unpaired) electrons. The lowest BCUT2D eigenvalue weighted by Crippen LogP contribution is -2.40. The van der Waals surface area contributed by atoms with Crippen LogP contribution in [-0.2, 0) is 9.59 Å². The van der Waals surface area contributed by atoms with Gasteiger partial charge in [-0.2, -0.15) is 0 Å². The van der Waals surface area contributed by atoms with Gasteiger partial charge in [0.25, 0.3) is 0 Å². The summed E-state index contributed by atoms with van der Waals surface area (Å²) in [6.45, 7) is 5.46. The number of carboxylic acids is 1. The first kappa shape index (κ1) is 15.0. The molecule has 104 valence electrons. The van der Waals surface area contributed by atoms with Gasteiger partial charge in [0.05, 0.1) is 13.0 Å². The molecule has 0 aromatic rings. The summed E-state index contributed by atoms with van der Waals surface area (Å²) in [7, 11) is 0. The Balaban J connectivity index is 2.37. The zero-order chi connectivity index (χ0) is 13.4. The van der Waals surface area contributed by atoms with Crippen LogP contribution in [0.2, 0.25) is 0 Å². The van der Waals surface area contributed by atoms with Gasteiger partial charge in [0.1, 0.15) is 0 Å². The van der Waals surface area contributed by atoms with Crippen LogP contribution >= 0.6 is 0 Å². The quantitative estimate of drug-likeness (QED) is 0.708. The van der Waals surface area contributed by atoms with E-state index in [2.05, 4.69) is 6.92 Å². The number of hydrogen-bond donors (Lipinski definition) is 1. The molecule has 1 fully saturated rings. The van der Waals surface area contributed by atoms with E-state index in [9.17, 15) is 9.59 Å². The fraction of sp³-hybridized carbons (Fsp3) is 0.846. The maximum Gasteiger partial charge on any atom is 0.304 e. The normalized spacial score (nSPS) is 15.3. The summed E-state index contributed by atoms with van der Waals surface area (Å²) in [5.74, 6) is -0.654. The fourth-order valence-corrected chi connectivity index (χ4v) is 2.16. The number of carbonyl (C=O) groups excluding carboxylic acids is 1. The summed E-state index contributed by atoms with van der Waals surface area (Å²) < 4.78 is 0. The second-order valence-corrected chi connectivity index (χ2v) is 4.86. The minimum atomic E-state index is -0.801. The van der Waals surface area contributed by atoms with Gasteiger partial charge in [-0.3, -0.25) is 14.5 Å². The Morgan fingerprint density at radius 3 is 2.44 bits per heavy atom. The molecule has 1 N–H and O–H groups in total. The second kappa shape index (κ2) is 8.08. The number of nitrogens with zero attached hydrogens (tertiary/aromatic N) is 2. The number of amides is 1. The van der Waals surface area contributed by atoms with Crippen LogP contribution in [0.15, 0.2) is 0 Å². The highest BCUT2D eigenvalue weighted by atomic mass is 16.4. The van der Waals surface area contributed by atoms with E-state index in [-0.39, 0.29) is 12.3 Å². The van der Waals surface area contributed by atoms with Crippen LogP contribution in [0.1, 0.15) is 39.0 Å². The van der Waals surface area contributed by atoms with Crippen molar-refractivity contribution in [2.24, 2.45) is 0 Å². The van der Waals surface area contributed by atoms with E-state index in [1.807, 2.05) is 9.80 Å². The highest BCUT2D eigenvalue weighted by Gasteiger charge is 2.20. The van der Waals surface area contributed by atoms with Gasteiger partial charge in [0, 0.05) is 19.6 Å². The Morgan fingerprint density at radius 2 is 1.89 bits per heavy atom. The Hall–Kier alpha value is -1.10. The molecule has 5 nitrogen and oxygen atoms in total. The van der Waals surface area contributed by atoms with E-state index < -0.39 is 5.97 Å². The third-order valence-corrected chi connectivity index (χ3v) is 3.29. The van der Waals surface area contributed by atoms with Crippen molar-refractivity contribution in [3.63, 3.8) is 0 Å². The van der Waals surface area contributed by atoms with E-state index in [0.29, 0.717) is 13.1 Å². The number of carboxylic acid groups (broad SMARTS) is 1. The summed E-state index contributed by atoms with van der Waals surface area (Å²) in [5, 5.41) is 8.71. The first-order valence-corrected chi connectivity index (χ1v) is 6.85. The molecule has 0 saturated carbocycles. The molecule has 0 aliphatic carbocycles. The first-order valence-electron chi connectivity index (χ1n) is 6.85. The van der Waals surface area contributed by atoms with Crippen LogP contribution in [0.5, 0.6) is 0 Å². The summed E-state index contributed by atoms with van der Waals surface area (Å²) in [5.41, 5.74) is 0. The van der Waals surface area contributed by atoms with E-state index in [1.165, 1.54) is 0 Å². The molecule has 1 aliphatic heterocycles. The maximum absolute atomic E-state index is 12.0. The van der Waals surface area contributed by atoms with Crippen LogP contribution in [0.4, 0.5) is 0 Å². The van der Waals surface area contributed by atoms with E-state index in [0.717, 1.165) is 45.3 Å². The predicted octanol–water partition coefficient (Wildman–Crippen LogP) is 1.19. The van der Waals surface area contributed by atoms with Gasteiger partial charge < -0.3 is 10.0 Å². The van der Waals surface area contributed by atoms with Gasteiger partial charge in [0.15, 0.2) is 0 Å². The molecule has 0 aromatic heterocycles. The van der Waals surface area contributed by atoms with E-state index >= 15 is 0 Å². The van der Waals surface area contributed by atoms with Crippen molar-refractivity contribution in [1.29, 1.82) is 0 Å². The van der Waals surface area contributed by atoms with Gasteiger partial charge >= 0.3 is 5.97 Å². The van der Waals surface area contributed by atoms with Crippen molar-refractivity contribution in [3.8, 4) is 0 Å². The minimum absolute atomic E-state index is 0.108. The monoisotopic (exact) mass is 256 g/mol. The van der Waals surface area contributed by atoms with E-state index in [4.69, 9.17) is 5.11 Å². The van der Waals surface area contributed by atoms with Crippen molar-refractivity contribution < 1.29 is 14.7 Å². The molecule has 1 heterocycles. The predicted molar refractivity (Wildman–Crippen MR) is 69.4 cm³/mol. The highest BCUT2D eigenvalue weighted by Crippen LogP contribution is 2.08. The van der Waals surface area contributed by atoms with Crippen LogP contribution in [0.3, 0.4) is 0 Å². The van der Waals surface area contributed by atoms with Gasteiger partial charge in [-0.05, 0) is 25.8 Å². The zero-order valence-electron chi connectivity index (χ0n) is 11.2. The summed E-state index contributed by atoms with van der Waals surface area (Å²) in [6.07, 6.45) is 4.36. The number of carbonyl (C=O) groups is 2. The number of unbranched alkanes of at least 4 members (excludes halogenated alkanes) is 1. The standard InChI is InChI=1S/C13H24N2O3/c1-2-3-7-14(10-6-13(17)18)11-12(16)15-8-4-5-9-15/h2-11H2,1H3,(H,17,18). The third kappa shape index (κ3) is 5.49. The number of likely N-dealkylation sites (tertiary alicyclic amines) is 1. The second-order valence-electron chi connectivity index (χ2n) is 4.86. The Kier molecular flexibility index (Phi) is 6.72. The molecule has 0 atom stereocenters. The number of aliphatic carboxylic acids is 1. The molecule has 0 aromatic carbocycles. The lowest BCUT2D eigenvalue weighted by molar-refractivity contribution is -0.138. The van der Waals surface area contributed by atoms with Crippen LogP contribution in [0, 0.1) is 0 Å². The minimum Gasteiger partial charge on any atom is -0.481 e. The summed E-state index contributed by atoms with van der Waals surface area (Å²) >= 11 is 0. The molecule has 1 amide bonds. The van der Waals surface area contributed by atoms with Crippen molar-refractivity contribution in [2.45, 2.75) is 39.0 Å². The topological polar surface area (TPSA) is 60.9 Å². The van der Waals surface area contributed by atoms with Crippen molar-refractivity contribution in [3.05, 3.63) is 0 Å². The summed E-state index contributed by atoms with van der Waals surface area (Å²) in [4.78, 5) is 26.5. The van der Waals surface area contributed by atoms with Gasteiger partial charge in [-0.1, -0.05) is 13.3 Å². The van der Waals surface area contributed by atoms with Gasteiger partial charge in [-0.15, -0.1) is 0 Å². The third-order valence-electron chi connectivity index (χ3n) is 3.29. The Bertz CT molecular complexity index is 275. The molecule has 1 saturated heterocycles. The van der Waals surface area contributed by atoms with Crippen LogP contribution in [0.25, 0.3) is 0 Å². The molecule has 18 heavy (non-hydrogen) atoms. The lowest BCUT2D eigenvalue weighted by atomic mass is 10.3. The van der Waals surface area contributed by atoms with Crippen LogP contribution in [-0.4, -0.2) is 59.5 Å². The molecule has 0 bridgehead atoms. The van der Waals surface area contributed by atoms with E-state index in [1.54, 1.807) is 0 Å². The molecule has 5 heteroatoms. The Morgan fingerprint density at radius 1 is 1.22 bits per heavy atom. The average Bonchev–Trinajstić information content (AvgIpc) is 2.86. The Labute approximate surface area is 109 Å². The highest BCUT2D eigenvalue weighted by molar-refractivity contribution is 5.78. The molecule has 1 rings (SSSR count). The van der Waals surface area contributed by atoms with Crippen molar-refractivity contribution in [1.82, 2.24) is 9.80 Å². The number of rotatable bonds is 8. The van der Waals surface area contributed by atoms with Crippen molar-refractivity contribution >= 4 is 11.9 Å². The molecule has 0 unspecified atom stereocenters. The summed E-state index contributed by atoms with van der Waals surface area (Å²) in [6, 6.07) is 0. The van der Waals surface area contributed by atoms with Crippen LogP contribution < -0.4 is 0 Å². The SMILES string of the molecule is CCCCN(CCC(=O)O)CC(=O)N1CCCC1. The number of hydrogen-bond acceptors (Lipinski definition) is 3. The van der Waals surface area contributed by atoms with Crippen molar-refractivity contribution in [2.75, 3.05) is 32.7 Å². The fourth-order valence-electron chi connectivity index (χ4n) is 2.16. The van der Waals surface area contributed by atoms with Gasteiger partial charge in [0.2, 0.25) is 5.91 Å². The van der Waals surface area contributed by atoms with Gasteiger partial charge in [-0.25, -0.2) is 0 Å². The first-order chi connectivity index (χ1) is 8.63. The lowest BCUT2D eigenvalue weighted by Gasteiger charge is -2.24. The maximum atomic E-state index is 12.0. The molecule has 1 aliphatic rings. The molecular formula is C13H24N2O3. The molecular weight excluding hydrogens is 232 g/mol.